The van der Waals surface area contributed by atoms with E-state index in [1.165, 1.54) is 0 Å². The first-order valence-electron chi connectivity index (χ1n) is 10.7. The molecule has 34 heavy (non-hydrogen) atoms. The lowest BCUT2D eigenvalue weighted by Gasteiger charge is -2.36. The van der Waals surface area contributed by atoms with E-state index >= 15 is 0 Å². The Labute approximate surface area is 197 Å². The smallest absolute Gasteiger partial charge is 0.406 e. The minimum Gasteiger partial charge on any atom is -0.406 e. The van der Waals surface area contributed by atoms with Crippen LogP contribution in [0.5, 0.6) is 5.75 Å². The minimum atomic E-state index is -4.86. The highest BCUT2D eigenvalue weighted by Gasteiger charge is 2.37. The van der Waals surface area contributed by atoms with Gasteiger partial charge < -0.3 is 14.4 Å². The molecule has 1 aliphatic rings. The van der Waals surface area contributed by atoms with Crippen LogP contribution in [0.15, 0.2) is 64.9 Å². The van der Waals surface area contributed by atoms with Crippen LogP contribution >= 0.6 is 11.3 Å². The number of nitrogens with zero attached hydrogens (tertiary/aromatic N) is 1. The van der Waals surface area contributed by atoms with Gasteiger partial charge in [-0.25, -0.2) is 13.1 Å². The second-order valence-electron chi connectivity index (χ2n) is 8.26. The molecule has 0 saturated heterocycles. The number of alkyl halides is 3. The predicted octanol–water partition coefficient (Wildman–Crippen LogP) is 5.19. The maximum absolute atomic E-state index is 12.9. The summed E-state index contributed by atoms with van der Waals surface area (Å²) in [5.41, 5.74) is 1.98. The Morgan fingerprint density at radius 3 is 2.50 bits per heavy atom. The van der Waals surface area contributed by atoms with E-state index in [4.69, 9.17) is 0 Å². The molecular formula is C23H21F3N2O4S2. The van der Waals surface area contributed by atoms with Gasteiger partial charge in [0.25, 0.3) is 0 Å². The molecule has 2 aromatic carbocycles. The molecule has 5 rings (SSSR count). The number of hydrogen-bond donors (Lipinski definition) is 2. The fourth-order valence-electron chi connectivity index (χ4n) is 4.71. The van der Waals surface area contributed by atoms with E-state index in [-0.39, 0.29) is 10.9 Å². The monoisotopic (exact) mass is 510 g/mol. The number of para-hydroxylation sites is 1. The van der Waals surface area contributed by atoms with E-state index in [1.807, 2.05) is 35.7 Å². The van der Waals surface area contributed by atoms with E-state index in [0.717, 1.165) is 45.4 Å². The van der Waals surface area contributed by atoms with E-state index in [0.29, 0.717) is 19.3 Å². The number of ether oxygens (including phenoxy) is 1. The summed E-state index contributed by atoms with van der Waals surface area (Å²) in [6, 6.07) is 12.8. The van der Waals surface area contributed by atoms with E-state index < -0.39 is 34.3 Å². The number of aromatic nitrogens is 1. The quantitative estimate of drug-likeness (QED) is 0.387. The molecule has 1 fully saturated rings. The second kappa shape index (κ2) is 8.56. The molecule has 2 N–H and O–H groups in total. The first-order valence-corrected chi connectivity index (χ1v) is 13.0. The standard InChI is InChI=1S/C23H21F3N2O4S2/c24-23(25,26)32-14-8-10-15(11-9-14)34(30,31)27-17-5-3-7-19(21(17)29)28-18-6-2-1-4-16(18)22-20(28)12-13-33-22/h1-2,4,6,8-13,17,19,21,27,29H,3,5,7H2/t17-,19+,21+/m0/s1. The predicted molar refractivity (Wildman–Crippen MR) is 123 cm³/mol. The van der Waals surface area contributed by atoms with Crippen LogP contribution in [-0.2, 0) is 10.0 Å². The van der Waals surface area contributed by atoms with Gasteiger partial charge in [0.1, 0.15) is 5.75 Å². The Morgan fingerprint density at radius 1 is 1.03 bits per heavy atom. The number of thiophene rings is 1. The number of nitrogens with one attached hydrogen (secondary N) is 1. The molecule has 0 bridgehead atoms. The Morgan fingerprint density at radius 2 is 1.76 bits per heavy atom. The zero-order chi connectivity index (χ0) is 24.1. The molecule has 0 aliphatic heterocycles. The second-order valence-corrected chi connectivity index (χ2v) is 10.9. The van der Waals surface area contributed by atoms with E-state index in [9.17, 15) is 26.7 Å². The highest BCUT2D eigenvalue weighted by atomic mass is 32.2. The van der Waals surface area contributed by atoms with Crippen molar-refractivity contribution in [2.75, 3.05) is 0 Å². The summed E-state index contributed by atoms with van der Waals surface area (Å²) in [6.45, 7) is 0. The topological polar surface area (TPSA) is 80.6 Å². The average molecular weight is 511 g/mol. The summed E-state index contributed by atoms with van der Waals surface area (Å²) < 4.78 is 72.5. The number of sulfonamides is 1. The van der Waals surface area contributed by atoms with Crippen LogP contribution in [0.2, 0.25) is 0 Å². The lowest BCUT2D eigenvalue weighted by molar-refractivity contribution is -0.274. The molecule has 0 amide bonds. The van der Waals surface area contributed by atoms with Gasteiger partial charge in [-0.05, 0) is 61.0 Å². The van der Waals surface area contributed by atoms with Crippen molar-refractivity contribution < 1.29 is 31.4 Å². The van der Waals surface area contributed by atoms with Crippen molar-refractivity contribution in [1.29, 1.82) is 0 Å². The molecule has 0 unspecified atom stereocenters. The van der Waals surface area contributed by atoms with Crippen LogP contribution < -0.4 is 9.46 Å². The summed E-state index contributed by atoms with van der Waals surface area (Å²) in [6.07, 6.45) is -4.03. The number of rotatable bonds is 5. The molecule has 0 radical (unpaired) electrons. The largest absolute Gasteiger partial charge is 0.573 e. The molecule has 2 aromatic heterocycles. The molecule has 6 nitrogen and oxygen atoms in total. The van der Waals surface area contributed by atoms with Crippen molar-refractivity contribution in [3.05, 3.63) is 60.0 Å². The van der Waals surface area contributed by atoms with Crippen LogP contribution in [0, 0.1) is 0 Å². The van der Waals surface area contributed by atoms with Gasteiger partial charge in [-0.1, -0.05) is 18.2 Å². The van der Waals surface area contributed by atoms with Crippen LogP contribution in [0.1, 0.15) is 25.3 Å². The number of benzene rings is 2. The summed E-state index contributed by atoms with van der Waals surface area (Å²) >= 11 is 1.62. The van der Waals surface area contributed by atoms with Crippen molar-refractivity contribution in [3.63, 3.8) is 0 Å². The first kappa shape index (κ1) is 23.2. The summed E-state index contributed by atoms with van der Waals surface area (Å²) in [4.78, 5) is -0.206. The SMILES string of the molecule is O=S(=O)(N[C@H]1CCC[C@@H](n2c3ccccc3c3sccc32)[C@@H]1O)c1ccc(OC(F)(F)F)cc1. The van der Waals surface area contributed by atoms with Crippen molar-refractivity contribution in [2.45, 2.75) is 48.7 Å². The van der Waals surface area contributed by atoms with Gasteiger partial charge in [0.05, 0.1) is 38.8 Å². The van der Waals surface area contributed by atoms with Gasteiger partial charge in [-0.15, -0.1) is 24.5 Å². The Hall–Kier alpha value is -2.60. The van der Waals surface area contributed by atoms with Gasteiger partial charge in [0.15, 0.2) is 0 Å². The van der Waals surface area contributed by atoms with Gasteiger partial charge >= 0.3 is 6.36 Å². The van der Waals surface area contributed by atoms with Crippen molar-refractivity contribution in [3.8, 4) is 5.75 Å². The number of fused-ring (bicyclic) bond motifs is 3. The van der Waals surface area contributed by atoms with Gasteiger partial charge in [0, 0.05) is 5.39 Å². The lowest BCUT2D eigenvalue weighted by Crippen LogP contribution is -2.49. The maximum atomic E-state index is 12.9. The van der Waals surface area contributed by atoms with Gasteiger partial charge in [0.2, 0.25) is 10.0 Å². The summed E-state index contributed by atoms with van der Waals surface area (Å²) in [7, 11) is -4.07. The Kier molecular flexibility index (Phi) is 5.83. The molecule has 180 valence electrons. The third kappa shape index (κ3) is 4.28. The number of aliphatic hydroxyl groups is 1. The van der Waals surface area contributed by atoms with E-state index in [1.54, 1.807) is 11.3 Å². The van der Waals surface area contributed by atoms with Crippen LogP contribution in [0.25, 0.3) is 21.1 Å². The van der Waals surface area contributed by atoms with Crippen molar-refractivity contribution in [1.82, 2.24) is 9.29 Å². The van der Waals surface area contributed by atoms with Gasteiger partial charge in [-0.3, -0.25) is 0 Å². The van der Waals surface area contributed by atoms with E-state index in [2.05, 4.69) is 14.0 Å². The molecule has 1 aliphatic carbocycles. The van der Waals surface area contributed by atoms with Crippen LogP contribution in [-0.4, -0.2) is 36.6 Å². The summed E-state index contributed by atoms with van der Waals surface area (Å²) in [5, 5.41) is 14.3. The van der Waals surface area contributed by atoms with Crippen LogP contribution in [0.4, 0.5) is 13.2 Å². The third-order valence-electron chi connectivity index (χ3n) is 6.14. The van der Waals surface area contributed by atoms with Crippen molar-refractivity contribution in [2.24, 2.45) is 0 Å². The zero-order valence-electron chi connectivity index (χ0n) is 17.7. The number of aliphatic hydroxyl groups excluding tert-OH is 1. The first-order chi connectivity index (χ1) is 16.1. The third-order valence-corrected chi connectivity index (χ3v) is 8.58. The van der Waals surface area contributed by atoms with Gasteiger partial charge in [-0.2, -0.15) is 0 Å². The summed E-state index contributed by atoms with van der Waals surface area (Å²) in [5.74, 6) is -0.511. The fourth-order valence-corrected chi connectivity index (χ4v) is 6.92. The fraction of sp³-hybridized carbons (Fsp3) is 0.304. The number of halogens is 3. The van der Waals surface area contributed by atoms with Crippen LogP contribution in [0.3, 0.4) is 0 Å². The number of hydrogen-bond acceptors (Lipinski definition) is 5. The van der Waals surface area contributed by atoms with Crippen molar-refractivity contribution >= 4 is 42.5 Å². The highest BCUT2D eigenvalue weighted by molar-refractivity contribution is 7.89. The molecule has 3 atom stereocenters. The lowest BCUT2D eigenvalue weighted by atomic mass is 9.88. The minimum absolute atomic E-state index is 0.206. The maximum Gasteiger partial charge on any atom is 0.573 e. The zero-order valence-corrected chi connectivity index (χ0v) is 19.3. The molecular weight excluding hydrogens is 489 g/mol. The molecule has 1 saturated carbocycles. The Balaban J connectivity index is 1.41. The normalized spacial score (nSPS) is 21.8. The molecule has 11 heteroatoms. The Bertz CT molecular complexity index is 1430. The average Bonchev–Trinajstić information content (AvgIpc) is 3.36. The molecule has 4 aromatic rings. The molecule has 2 heterocycles. The molecule has 0 spiro atoms. The highest BCUT2D eigenvalue weighted by Crippen LogP contribution is 2.40.